The molecule has 0 bridgehead atoms. The van der Waals surface area contributed by atoms with Gasteiger partial charge in [0.2, 0.25) is 11.8 Å². The standard InChI is InChI=1S/C31H34F2N4O5S/c1-36(29(41)21(15-28(39)40)14-19-6-2-3-7-19)31-35-25(18-43-31)24-16-22(42-30(32)33)10-11-23(24)20-9-12-26(34-17-20)37-13-5-4-8-27(37)38/h9-12,16-19,21,30H,2-8,13-15H2,1H3,(H,39,40). The Morgan fingerprint density at radius 3 is 2.60 bits per heavy atom. The van der Waals surface area contributed by atoms with Gasteiger partial charge in [0, 0.05) is 48.6 Å². The Bertz CT molecular complexity index is 1460. The predicted molar refractivity (Wildman–Crippen MR) is 159 cm³/mol. The van der Waals surface area contributed by atoms with Crippen LogP contribution in [0.5, 0.6) is 5.75 Å². The molecule has 1 N–H and O–H groups in total. The highest BCUT2D eigenvalue weighted by Gasteiger charge is 2.31. The summed E-state index contributed by atoms with van der Waals surface area (Å²) in [6.07, 6.45) is 8.35. The minimum absolute atomic E-state index is 0.0307. The summed E-state index contributed by atoms with van der Waals surface area (Å²) in [5.41, 5.74) is 2.28. The Balaban J connectivity index is 1.43. The highest BCUT2D eigenvalue weighted by molar-refractivity contribution is 7.14. The molecule has 2 aliphatic rings. The van der Waals surface area contributed by atoms with E-state index in [1.165, 1.54) is 28.4 Å². The average molecular weight is 613 g/mol. The number of pyridine rings is 1. The van der Waals surface area contributed by atoms with E-state index in [4.69, 9.17) is 0 Å². The lowest BCUT2D eigenvalue weighted by Gasteiger charge is -2.25. The van der Waals surface area contributed by atoms with Crippen molar-refractivity contribution in [1.82, 2.24) is 9.97 Å². The Kier molecular flexibility index (Phi) is 9.64. The van der Waals surface area contributed by atoms with Crippen molar-refractivity contribution in [3.8, 4) is 28.1 Å². The molecule has 9 nitrogen and oxygen atoms in total. The van der Waals surface area contributed by atoms with Gasteiger partial charge in [-0.1, -0.05) is 25.7 Å². The number of carbonyl (C=O) groups is 3. The molecule has 1 aliphatic carbocycles. The number of hydrogen-bond donors (Lipinski definition) is 1. The van der Waals surface area contributed by atoms with Gasteiger partial charge in [-0.3, -0.25) is 24.2 Å². The molecule has 1 atom stereocenters. The summed E-state index contributed by atoms with van der Waals surface area (Å²) in [7, 11) is 1.58. The molecule has 1 saturated heterocycles. The molecule has 43 heavy (non-hydrogen) atoms. The zero-order valence-corrected chi connectivity index (χ0v) is 24.7. The highest BCUT2D eigenvalue weighted by Crippen LogP contribution is 2.38. The van der Waals surface area contributed by atoms with Crippen LogP contribution in [0, 0.1) is 11.8 Å². The van der Waals surface area contributed by atoms with E-state index in [1.54, 1.807) is 35.7 Å². The van der Waals surface area contributed by atoms with E-state index in [0.29, 0.717) is 58.6 Å². The number of nitrogens with zero attached hydrogens (tertiary/aromatic N) is 4. The molecule has 2 aromatic heterocycles. The average Bonchev–Trinajstić information content (AvgIpc) is 3.69. The smallest absolute Gasteiger partial charge is 0.387 e. The van der Waals surface area contributed by atoms with Gasteiger partial charge in [0.15, 0.2) is 5.13 Å². The SMILES string of the molecule is CN(C(=O)C(CC(=O)O)CC1CCCC1)c1nc(-c2cc(OC(F)F)ccc2-c2ccc(N3CCCCC3=O)nc2)cs1. The number of piperidine rings is 1. The third-order valence-electron chi connectivity index (χ3n) is 8.12. The molecule has 1 saturated carbocycles. The van der Waals surface area contributed by atoms with Crippen LogP contribution >= 0.6 is 11.3 Å². The number of benzene rings is 1. The zero-order valence-electron chi connectivity index (χ0n) is 23.9. The number of carboxylic acids is 1. The second-order valence-corrected chi connectivity index (χ2v) is 11.9. The number of alkyl halides is 2. The van der Waals surface area contributed by atoms with Gasteiger partial charge in [0.1, 0.15) is 11.6 Å². The number of halogens is 2. The molecule has 1 unspecified atom stereocenters. The Hall–Kier alpha value is -3.93. The number of rotatable bonds is 11. The van der Waals surface area contributed by atoms with E-state index in [9.17, 15) is 28.3 Å². The van der Waals surface area contributed by atoms with Crippen LogP contribution in [0.3, 0.4) is 0 Å². The van der Waals surface area contributed by atoms with Crippen LogP contribution in [0.2, 0.25) is 0 Å². The molecule has 3 aromatic rings. The van der Waals surface area contributed by atoms with Crippen molar-refractivity contribution in [3.05, 3.63) is 41.9 Å². The molecule has 0 radical (unpaired) electrons. The Labute approximate surface area is 252 Å². The normalized spacial score (nSPS) is 16.5. The van der Waals surface area contributed by atoms with E-state index in [0.717, 1.165) is 38.5 Å². The number of amides is 2. The van der Waals surface area contributed by atoms with Crippen LogP contribution in [0.25, 0.3) is 22.4 Å². The molecule has 1 aromatic carbocycles. The fourth-order valence-corrected chi connectivity index (χ4v) is 6.75. The minimum Gasteiger partial charge on any atom is -0.481 e. The number of anilines is 2. The van der Waals surface area contributed by atoms with Gasteiger partial charge in [-0.25, -0.2) is 9.97 Å². The molecule has 228 valence electrons. The van der Waals surface area contributed by atoms with E-state index >= 15 is 0 Å². The summed E-state index contributed by atoms with van der Waals surface area (Å²) in [6.45, 7) is -2.40. The molecule has 12 heteroatoms. The van der Waals surface area contributed by atoms with Crippen LogP contribution in [0.15, 0.2) is 41.9 Å². The topological polar surface area (TPSA) is 113 Å². The summed E-state index contributed by atoms with van der Waals surface area (Å²) < 4.78 is 30.8. The van der Waals surface area contributed by atoms with Gasteiger partial charge in [-0.15, -0.1) is 11.3 Å². The summed E-state index contributed by atoms with van der Waals surface area (Å²) in [4.78, 5) is 49.6. The molecular formula is C31H34F2N4O5S. The van der Waals surface area contributed by atoms with E-state index in [-0.39, 0.29) is 24.0 Å². The lowest BCUT2D eigenvalue weighted by molar-refractivity contribution is -0.140. The van der Waals surface area contributed by atoms with Gasteiger partial charge in [0.25, 0.3) is 0 Å². The van der Waals surface area contributed by atoms with Crippen LogP contribution in [-0.4, -0.2) is 53.1 Å². The van der Waals surface area contributed by atoms with E-state index in [2.05, 4.69) is 14.7 Å². The maximum atomic E-state index is 13.5. The van der Waals surface area contributed by atoms with Crippen molar-refractivity contribution < 1.29 is 33.0 Å². The van der Waals surface area contributed by atoms with Gasteiger partial charge in [-0.05, 0) is 61.1 Å². The molecule has 1 aliphatic heterocycles. The predicted octanol–water partition coefficient (Wildman–Crippen LogP) is 6.62. The van der Waals surface area contributed by atoms with Crippen molar-refractivity contribution in [2.75, 3.05) is 23.4 Å². The largest absolute Gasteiger partial charge is 0.481 e. The van der Waals surface area contributed by atoms with Crippen molar-refractivity contribution in [2.45, 2.75) is 64.4 Å². The fourth-order valence-electron chi connectivity index (χ4n) is 5.96. The molecule has 2 fully saturated rings. The van der Waals surface area contributed by atoms with Crippen molar-refractivity contribution in [3.63, 3.8) is 0 Å². The lowest BCUT2D eigenvalue weighted by Crippen LogP contribution is -2.35. The number of carboxylic acid groups (broad SMARTS) is 1. The monoisotopic (exact) mass is 612 g/mol. The van der Waals surface area contributed by atoms with Crippen LogP contribution in [-0.2, 0) is 14.4 Å². The third kappa shape index (κ3) is 7.35. The van der Waals surface area contributed by atoms with Crippen molar-refractivity contribution >= 4 is 40.1 Å². The van der Waals surface area contributed by atoms with Gasteiger partial charge < -0.3 is 9.84 Å². The number of hydrogen-bond acceptors (Lipinski definition) is 7. The molecule has 2 amide bonds. The quantitative estimate of drug-likeness (QED) is 0.259. The molecule has 0 spiro atoms. The maximum Gasteiger partial charge on any atom is 0.387 e. The number of aliphatic carboxylic acids is 1. The molecule has 5 rings (SSSR count). The number of aromatic nitrogens is 2. The van der Waals surface area contributed by atoms with Gasteiger partial charge in [0.05, 0.1) is 12.1 Å². The third-order valence-corrected chi connectivity index (χ3v) is 9.04. The molecule has 3 heterocycles. The number of thiazole rings is 1. The first-order valence-electron chi connectivity index (χ1n) is 14.5. The lowest BCUT2D eigenvalue weighted by atomic mass is 9.90. The van der Waals surface area contributed by atoms with Crippen molar-refractivity contribution in [1.29, 1.82) is 0 Å². The van der Waals surface area contributed by atoms with E-state index in [1.807, 2.05) is 6.07 Å². The first kappa shape index (κ1) is 30.5. The summed E-state index contributed by atoms with van der Waals surface area (Å²) >= 11 is 1.20. The Morgan fingerprint density at radius 2 is 1.93 bits per heavy atom. The van der Waals surface area contributed by atoms with Gasteiger partial charge in [-0.2, -0.15) is 8.78 Å². The zero-order chi connectivity index (χ0) is 30.5. The second-order valence-electron chi connectivity index (χ2n) is 11.1. The van der Waals surface area contributed by atoms with Gasteiger partial charge >= 0.3 is 12.6 Å². The first-order valence-corrected chi connectivity index (χ1v) is 15.4. The summed E-state index contributed by atoms with van der Waals surface area (Å²) in [5, 5.41) is 11.6. The van der Waals surface area contributed by atoms with Crippen molar-refractivity contribution in [2.24, 2.45) is 11.8 Å². The number of ether oxygens (including phenoxy) is 1. The number of carbonyl (C=O) groups excluding carboxylic acids is 2. The van der Waals surface area contributed by atoms with Crippen LogP contribution < -0.4 is 14.5 Å². The second kappa shape index (κ2) is 13.6. The highest BCUT2D eigenvalue weighted by atomic mass is 32.1. The van der Waals surface area contributed by atoms with Crippen LogP contribution in [0.1, 0.15) is 57.8 Å². The summed E-state index contributed by atoms with van der Waals surface area (Å²) in [5.74, 6) is -1.12. The molecular weight excluding hydrogens is 578 g/mol. The minimum atomic E-state index is -3.01. The maximum absolute atomic E-state index is 13.5. The van der Waals surface area contributed by atoms with E-state index < -0.39 is 18.5 Å². The van der Waals surface area contributed by atoms with Crippen LogP contribution in [0.4, 0.5) is 19.7 Å². The first-order chi connectivity index (χ1) is 20.7. The fraction of sp³-hybridized carbons (Fsp3) is 0.452. The Morgan fingerprint density at radius 1 is 1.14 bits per heavy atom. The summed E-state index contributed by atoms with van der Waals surface area (Å²) in [6, 6.07) is 8.14.